The van der Waals surface area contributed by atoms with E-state index in [1.807, 2.05) is 51.1 Å². The van der Waals surface area contributed by atoms with Gasteiger partial charge >= 0.3 is 0 Å². The number of carbonyl (C=O) groups is 1. The first-order valence-electron chi connectivity index (χ1n) is 5.43. The minimum absolute atomic E-state index is 0.117. The molecule has 2 nitrogen and oxygen atoms in total. The van der Waals surface area contributed by atoms with Crippen LogP contribution in [0, 0.1) is 0 Å². The van der Waals surface area contributed by atoms with Gasteiger partial charge in [0, 0.05) is 6.42 Å². The number of rotatable bonds is 4. The average molecular weight is 205 g/mol. The lowest BCUT2D eigenvalue weighted by atomic mass is 9.94. The van der Waals surface area contributed by atoms with Crippen molar-refractivity contribution in [3.63, 3.8) is 0 Å². The Labute approximate surface area is 91.7 Å². The Morgan fingerprint density at radius 2 is 1.87 bits per heavy atom. The fraction of sp³-hybridized carbons (Fsp3) is 0.462. The third-order valence-electron chi connectivity index (χ3n) is 2.42. The highest BCUT2D eigenvalue weighted by atomic mass is 16.1. The van der Waals surface area contributed by atoms with E-state index in [1.165, 1.54) is 0 Å². The van der Waals surface area contributed by atoms with Crippen LogP contribution in [-0.2, 0) is 10.3 Å². The molecule has 2 heteroatoms. The maximum absolute atomic E-state index is 11.5. The zero-order chi connectivity index (χ0) is 11.3. The lowest BCUT2D eigenvalue weighted by Gasteiger charge is -2.26. The zero-order valence-corrected chi connectivity index (χ0v) is 9.71. The molecule has 0 bridgehead atoms. The van der Waals surface area contributed by atoms with E-state index in [0.717, 1.165) is 12.0 Å². The normalized spacial score (nSPS) is 11.1. The van der Waals surface area contributed by atoms with E-state index in [4.69, 9.17) is 0 Å². The summed E-state index contributed by atoms with van der Waals surface area (Å²) in [6.07, 6.45) is 1.48. The van der Waals surface area contributed by atoms with Crippen LogP contribution in [0.4, 0.5) is 0 Å². The zero-order valence-electron chi connectivity index (χ0n) is 9.71. The summed E-state index contributed by atoms with van der Waals surface area (Å²) in [5.41, 5.74) is 0.850. The molecule has 0 radical (unpaired) electrons. The highest BCUT2D eigenvalue weighted by molar-refractivity contribution is 5.76. The van der Waals surface area contributed by atoms with Gasteiger partial charge in [0.05, 0.1) is 5.54 Å². The number of hydrogen-bond acceptors (Lipinski definition) is 1. The predicted octanol–water partition coefficient (Wildman–Crippen LogP) is 2.84. The molecule has 1 aromatic rings. The molecule has 0 aliphatic heterocycles. The molecule has 0 unspecified atom stereocenters. The number of carbonyl (C=O) groups excluding carboxylic acids is 1. The molecule has 1 N–H and O–H groups in total. The number of nitrogens with one attached hydrogen (secondary N) is 1. The maximum Gasteiger partial charge on any atom is 0.220 e. The SMILES string of the molecule is CCCC(=O)NC(C)(C)c1ccccc1. The van der Waals surface area contributed by atoms with Gasteiger partial charge in [0.1, 0.15) is 0 Å². The largest absolute Gasteiger partial charge is 0.347 e. The molecular formula is C13H19NO. The van der Waals surface area contributed by atoms with E-state index in [1.54, 1.807) is 0 Å². The van der Waals surface area contributed by atoms with Crippen LogP contribution in [0.5, 0.6) is 0 Å². The molecule has 0 heterocycles. The summed E-state index contributed by atoms with van der Waals surface area (Å²) in [4.78, 5) is 11.5. The average Bonchev–Trinajstić information content (AvgIpc) is 2.18. The molecule has 0 spiro atoms. The lowest BCUT2D eigenvalue weighted by molar-refractivity contribution is -0.122. The monoisotopic (exact) mass is 205 g/mol. The topological polar surface area (TPSA) is 29.1 Å². The standard InChI is InChI=1S/C13H19NO/c1-4-8-12(15)14-13(2,3)11-9-6-5-7-10-11/h5-7,9-10H,4,8H2,1-3H3,(H,14,15). The summed E-state index contributed by atoms with van der Waals surface area (Å²) in [6, 6.07) is 10.0. The second-order valence-corrected chi connectivity index (χ2v) is 4.29. The molecule has 0 fully saturated rings. The van der Waals surface area contributed by atoms with Gasteiger partial charge in [0.15, 0.2) is 0 Å². The third kappa shape index (κ3) is 3.39. The highest BCUT2D eigenvalue weighted by Gasteiger charge is 2.21. The van der Waals surface area contributed by atoms with Crippen LogP contribution >= 0.6 is 0 Å². The summed E-state index contributed by atoms with van der Waals surface area (Å²) >= 11 is 0. The van der Waals surface area contributed by atoms with E-state index in [0.29, 0.717) is 6.42 Å². The first kappa shape index (κ1) is 11.8. The fourth-order valence-electron chi connectivity index (χ4n) is 1.57. The number of hydrogen-bond donors (Lipinski definition) is 1. The van der Waals surface area contributed by atoms with E-state index in [2.05, 4.69) is 5.32 Å². The van der Waals surface area contributed by atoms with Gasteiger partial charge in [-0.2, -0.15) is 0 Å². The molecule has 1 aromatic carbocycles. The van der Waals surface area contributed by atoms with E-state index in [9.17, 15) is 4.79 Å². The van der Waals surface area contributed by atoms with Gasteiger partial charge in [-0.1, -0.05) is 37.3 Å². The predicted molar refractivity (Wildman–Crippen MR) is 62.5 cm³/mol. The van der Waals surface area contributed by atoms with Crippen LogP contribution in [0.15, 0.2) is 30.3 Å². The van der Waals surface area contributed by atoms with Crippen LogP contribution in [-0.4, -0.2) is 5.91 Å². The van der Waals surface area contributed by atoms with Crippen molar-refractivity contribution in [3.05, 3.63) is 35.9 Å². The van der Waals surface area contributed by atoms with Crippen molar-refractivity contribution in [2.45, 2.75) is 39.2 Å². The molecule has 1 rings (SSSR count). The summed E-state index contributed by atoms with van der Waals surface area (Å²) in [5.74, 6) is 0.117. The third-order valence-corrected chi connectivity index (χ3v) is 2.42. The molecule has 0 aliphatic rings. The molecule has 82 valence electrons. The van der Waals surface area contributed by atoms with Crippen molar-refractivity contribution in [2.24, 2.45) is 0 Å². The quantitative estimate of drug-likeness (QED) is 0.804. The van der Waals surface area contributed by atoms with Gasteiger partial charge in [-0.15, -0.1) is 0 Å². The molecule has 1 amide bonds. The van der Waals surface area contributed by atoms with Gasteiger partial charge in [-0.25, -0.2) is 0 Å². The van der Waals surface area contributed by atoms with Crippen molar-refractivity contribution < 1.29 is 4.79 Å². The first-order chi connectivity index (χ1) is 7.06. The molecule has 15 heavy (non-hydrogen) atoms. The summed E-state index contributed by atoms with van der Waals surface area (Å²) < 4.78 is 0. The van der Waals surface area contributed by atoms with Crippen LogP contribution in [0.25, 0.3) is 0 Å². The van der Waals surface area contributed by atoms with Gasteiger partial charge in [-0.3, -0.25) is 4.79 Å². The van der Waals surface area contributed by atoms with E-state index < -0.39 is 0 Å². The Bertz CT molecular complexity index is 317. The lowest BCUT2D eigenvalue weighted by Crippen LogP contribution is -2.40. The van der Waals surface area contributed by atoms with Crippen molar-refractivity contribution in [2.75, 3.05) is 0 Å². The maximum atomic E-state index is 11.5. The van der Waals surface area contributed by atoms with Crippen molar-refractivity contribution >= 4 is 5.91 Å². The summed E-state index contributed by atoms with van der Waals surface area (Å²) in [7, 11) is 0. The molecular weight excluding hydrogens is 186 g/mol. The molecule has 0 saturated heterocycles. The molecule has 0 saturated carbocycles. The molecule has 0 aromatic heterocycles. The van der Waals surface area contributed by atoms with Crippen LogP contribution in [0.2, 0.25) is 0 Å². The second-order valence-electron chi connectivity index (χ2n) is 4.29. The Kier molecular flexibility index (Phi) is 3.89. The van der Waals surface area contributed by atoms with E-state index in [-0.39, 0.29) is 11.4 Å². The highest BCUT2D eigenvalue weighted by Crippen LogP contribution is 2.19. The second kappa shape index (κ2) is 4.96. The molecule has 0 aliphatic carbocycles. The Morgan fingerprint density at radius 3 is 2.40 bits per heavy atom. The fourth-order valence-corrected chi connectivity index (χ4v) is 1.57. The van der Waals surface area contributed by atoms with Gasteiger partial charge in [-0.05, 0) is 25.8 Å². The first-order valence-corrected chi connectivity index (χ1v) is 5.43. The van der Waals surface area contributed by atoms with Gasteiger partial charge < -0.3 is 5.32 Å². The Balaban J connectivity index is 2.71. The summed E-state index contributed by atoms with van der Waals surface area (Å²) in [6.45, 7) is 6.06. The molecule has 0 atom stereocenters. The van der Waals surface area contributed by atoms with Crippen molar-refractivity contribution in [1.29, 1.82) is 0 Å². The minimum atomic E-state index is -0.284. The van der Waals surface area contributed by atoms with Crippen molar-refractivity contribution in [3.8, 4) is 0 Å². The minimum Gasteiger partial charge on any atom is -0.347 e. The Hall–Kier alpha value is -1.31. The van der Waals surface area contributed by atoms with Crippen LogP contribution < -0.4 is 5.32 Å². The van der Waals surface area contributed by atoms with Crippen LogP contribution in [0.1, 0.15) is 39.2 Å². The Morgan fingerprint density at radius 1 is 1.27 bits per heavy atom. The number of amides is 1. The van der Waals surface area contributed by atoms with Crippen LogP contribution in [0.3, 0.4) is 0 Å². The smallest absolute Gasteiger partial charge is 0.220 e. The van der Waals surface area contributed by atoms with Gasteiger partial charge in [0.2, 0.25) is 5.91 Å². The van der Waals surface area contributed by atoms with Gasteiger partial charge in [0.25, 0.3) is 0 Å². The van der Waals surface area contributed by atoms with Crippen molar-refractivity contribution in [1.82, 2.24) is 5.32 Å². The summed E-state index contributed by atoms with van der Waals surface area (Å²) in [5, 5.41) is 3.03. The number of benzene rings is 1. The van der Waals surface area contributed by atoms with E-state index >= 15 is 0 Å².